The normalized spacial score (nSPS) is 37.4. The Kier molecular flexibility index (Phi) is 3.69. The zero-order valence-electron chi connectivity index (χ0n) is 10.9. The Labute approximate surface area is 105 Å². The average Bonchev–Trinajstić information content (AvgIpc) is 2.41. The molecule has 1 N–H and O–H groups in total. The van der Waals surface area contributed by atoms with Gasteiger partial charge in [0, 0.05) is 32.3 Å². The van der Waals surface area contributed by atoms with Crippen molar-refractivity contribution >= 4 is 0 Å². The molecular formula is C14H26N2O. The van der Waals surface area contributed by atoms with Crippen LogP contribution in [0.3, 0.4) is 0 Å². The van der Waals surface area contributed by atoms with E-state index in [9.17, 15) is 0 Å². The molecule has 1 unspecified atom stereocenters. The highest BCUT2D eigenvalue weighted by molar-refractivity contribution is 4.93. The summed E-state index contributed by atoms with van der Waals surface area (Å²) in [4.78, 5) is 2.78. The second-order valence-electron chi connectivity index (χ2n) is 6.20. The molecule has 17 heavy (non-hydrogen) atoms. The molecule has 3 aliphatic rings. The number of piperidine rings is 2. The van der Waals surface area contributed by atoms with Crippen molar-refractivity contribution in [2.75, 3.05) is 39.4 Å². The van der Waals surface area contributed by atoms with Gasteiger partial charge in [0.25, 0.3) is 0 Å². The molecule has 3 nitrogen and oxygen atoms in total. The van der Waals surface area contributed by atoms with Crippen LogP contribution >= 0.6 is 0 Å². The van der Waals surface area contributed by atoms with Crippen LogP contribution in [0.15, 0.2) is 0 Å². The lowest BCUT2D eigenvalue weighted by molar-refractivity contribution is -0.0115. The minimum absolute atomic E-state index is 0.606. The fraction of sp³-hybridized carbons (Fsp3) is 1.00. The summed E-state index contributed by atoms with van der Waals surface area (Å²) < 4.78 is 5.49. The first-order valence-electron chi connectivity index (χ1n) is 7.41. The van der Waals surface area contributed by atoms with E-state index in [4.69, 9.17) is 4.74 Å². The summed E-state index contributed by atoms with van der Waals surface area (Å²) in [5.74, 6) is 0. The first-order valence-corrected chi connectivity index (χ1v) is 7.41. The van der Waals surface area contributed by atoms with Gasteiger partial charge in [0.05, 0.1) is 0 Å². The zero-order chi connectivity index (χ0) is 11.6. The van der Waals surface area contributed by atoms with Crippen LogP contribution in [0.1, 0.15) is 38.5 Å². The molecule has 0 aromatic rings. The van der Waals surface area contributed by atoms with Crippen molar-refractivity contribution in [2.24, 2.45) is 5.41 Å². The highest BCUT2D eigenvalue weighted by atomic mass is 16.5. The first kappa shape index (κ1) is 11.9. The fourth-order valence-corrected chi connectivity index (χ4v) is 3.99. The van der Waals surface area contributed by atoms with Crippen molar-refractivity contribution in [1.82, 2.24) is 10.2 Å². The van der Waals surface area contributed by atoms with E-state index in [0.717, 1.165) is 19.3 Å². The molecule has 3 fully saturated rings. The molecule has 98 valence electrons. The third kappa shape index (κ3) is 2.67. The number of hydrogen-bond donors (Lipinski definition) is 1. The summed E-state index contributed by atoms with van der Waals surface area (Å²) in [6.45, 7) is 7.11. The van der Waals surface area contributed by atoms with E-state index >= 15 is 0 Å². The topological polar surface area (TPSA) is 24.5 Å². The van der Waals surface area contributed by atoms with E-state index in [0.29, 0.717) is 5.41 Å². The summed E-state index contributed by atoms with van der Waals surface area (Å²) in [7, 11) is 0. The summed E-state index contributed by atoms with van der Waals surface area (Å²) in [5.41, 5.74) is 0.606. The standard InChI is InChI=1S/C14H26N2O/c1-5-14(11-15-7-1)6-2-8-16(12-14)13-3-9-17-10-4-13/h13,15H,1-12H2. The van der Waals surface area contributed by atoms with Crippen molar-refractivity contribution in [3.05, 3.63) is 0 Å². The van der Waals surface area contributed by atoms with Crippen molar-refractivity contribution in [1.29, 1.82) is 0 Å². The van der Waals surface area contributed by atoms with Crippen molar-refractivity contribution in [3.63, 3.8) is 0 Å². The Morgan fingerprint density at radius 3 is 2.71 bits per heavy atom. The fourth-order valence-electron chi connectivity index (χ4n) is 3.99. The van der Waals surface area contributed by atoms with Gasteiger partial charge < -0.3 is 10.1 Å². The minimum Gasteiger partial charge on any atom is -0.381 e. The van der Waals surface area contributed by atoms with Crippen LogP contribution in [0.25, 0.3) is 0 Å². The van der Waals surface area contributed by atoms with Crippen molar-refractivity contribution in [3.8, 4) is 0 Å². The van der Waals surface area contributed by atoms with Gasteiger partial charge in [-0.05, 0) is 57.0 Å². The summed E-state index contributed by atoms with van der Waals surface area (Å²) >= 11 is 0. The molecule has 3 heterocycles. The maximum absolute atomic E-state index is 5.49. The van der Waals surface area contributed by atoms with Gasteiger partial charge in [0.2, 0.25) is 0 Å². The highest BCUT2D eigenvalue weighted by Gasteiger charge is 2.38. The Balaban J connectivity index is 1.61. The lowest BCUT2D eigenvalue weighted by atomic mass is 9.74. The monoisotopic (exact) mass is 238 g/mol. The molecule has 3 saturated heterocycles. The number of ether oxygens (including phenoxy) is 1. The maximum Gasteiger partial charge on any atom is 0.0480 e. The summed E-state index contributed by atoms with van der Waals surface area (Å²) in [6, 6.07) is 0.808. The third-order valence-electron chi connectivity index (χ3n) is 4.96. The van der Waals surface area contributed by atoms with Crippen LogP contribution in [0.2, 0.25) is 0 Å². The quantitative estimate of drug-likeness (QED) is 0.751. The van der Waals surface area contributed by atoms with Gasteiger partial charge in [-0.25, -0.2) is 0 Å². The van der Waals surface area contributed by atoms with Gasteiger partial charge in [-0.3, -0.25) is 4.90 Å². The van der Waals surface area contributed by atoms with Crippen LogP contribution < -0.4 is 5.32 Å². The second kappa shape index (κ2) is 5.25. The molecule has 1 spiro atoms. The Morgan fingerprint density at radius 1 is 1.12 bits per heavy atom. The first-order chi connectivity index (χ1) is 8.38. The van der Waals surface area contributed by atoms with Crippen LogP contribution in [-0.2, 0) is 4.74 Å². The van der Waals surface area contributed by atoms with Gasteiger partial charge >= 0.3 is 0 Å². The van der Waals surface area contributed by atoms with Crippen LogP contribution in [-0.4, -0.2) is 50.3 Å². The maximum atomic E-state index is 5.49. The molecule has 0 radical (unpaired) electrons. The average molecular weight is 238 g/mol. The predicted octanol–water partition coefficient (Wildman–Crippen LogP) is 1.63. The number of nitrogens with zero attached hydrogens (tertiary/aromatic N) is 1. The van der Waals surface area contributed by atoms with Crippen LogP contribution in [0, 0.1) is 5.41 Å². The smallest absolute Gasteiger partial charge is 0.0480 e. The molecule has 1 atom stereocenters. The minimum atomic E-state index is 0.606. The van der Waals surface area contributed by atoms with Gasteiger partial charge in [-0.2, -0.15) is 0 Å². The largest absolute Gasteiger partial charge is 0.381 e. The molecule has 0 aliphatic carbocycles. The second-order valence-corrected chi connectivity index (χ2v) is 6.20. The van der Waals surface area contributed by atoms with Crippen LogP contribution in [0.4, 0.5) is 0 Å². The SMILES string of the molecule is C1CNCC2(C1)CCCN(C1CCOCC1)C2. The van der Waals surface area contributed by atoms with E-state index in [1.165, 1.54) is 64.7 Å². The molecule has 0 saturated carbocycles. The number of nitrogens with one attached hydrogen (secondary N) is 1. The van der Waals surface area contributed by atoms with Gasteiger partial charge in [-0.1, -0.05) is 0 Å². The van der Waals surface area contributed by atoms with E-state index in [2.05, 4.69) is 10.2 Å². The lowest BCUT2D eigenvalue weighted by Gasteiger charge is -2.48. The summed E-state index contributed by atoms with van der Waals surface area (Å²) in [6.07, 6.45) is 8.17. The Hall–Kier alpha value is -0.120. The molecule has 0 amide bonds. The lowest BCUT2D eigenvalue weighted by Crippen LogP contribution is -2.54. The van der Waals surface area contributed by atoms with Crippen molar-refractivity contribution < 1.29 is 4.74 Å². The predicted molar refractivity (Wildman–Crippen MR) is 69.2 cm³/mol. The molecule has 0 aromatic carbocycles. The van der Waals surface area contributed by atoms with Gasteiger partial charge in [0.15, 0.2) is 0 Å². The zero-order valence-corrected chi connectivity index (χ0v) is 10.9. The van der Waals surface area contributed by atoms with Crippen LogP contribution in [0.5, 0.6) is 0 Å². The van der Waals surface area contributed by atoms with E-state index < -0.39 is 0 Å². The van der Waals surface area contributed by atoms with Gasteiger partial charge in [-0.15, -0.1) is 0 Å². The Bertz CT molecular complexity index is 239. The summed E-state index contributed by atoms with van der Waals surface area (Å²) in [5, 5.41) is 3.62. The molecule has 3 aliphatic heterocycles. The van der Waals surface area contributed by atoms with E-state index in [1.54, 1.807) is 0 Å². The molecule has 3 heteroatoms. The molecule has 0 bridgehead atoms. The third-order valence-corrected chi connectivity index (χ3v) is 4.96. The van der Waals surface area contributed by atoms with Gasteiger partial charge in [0.1, 0.15) is 0 Å². The highest BCUT2D eigenvalue weighted by Crippen LogP contribution is 2.37. The number of likely N-dealkylation sites (tertiary alicyclic amines) is 1. The molecule has 3 rings (SSSR count). The van der Waals surface area contributed by atoms with Crippen molar-refractivity contribution in [2.45, 2.75) is 44.6 Å². The number of rotatable bonds is 1. The molecule has 0 aromatic heterocycles. The number of hydrogen-bond acceptors (Lipinski definition) is 3. The molecular weight excluding hydrogens is 212 g/mol. The Morgan fingerprint density at radius 2 is 1.94 bits per heavy atom. The van der Waals surface area contributed by atoms with E-state index in [1.807, 2.05) is 0 Å². The van der Waals surface area contributed by atoms with E-state index in [-0.39, 0.29) is 0 Å².